The summed E-state index contributed by atoms with van der Waals surface area (Å²) >= 11 is 3.38. The van der Waals surface area contributed by atoms with Gasteiger partial charge in [0.15, 0.2) is 0 Å². The van der Waals surface area contributed by atoms with Gasteiger partial charge in [-0.25, -0.2) is 0 Å². The molecule has 0 spiro atoms. The maximum Gasteiger partial charge on any atom is 0.300 e. The molecule has 0 bridgehead atoms. The van der Waals surface area contributed by atoms with Crippen LogP contribution in [-0.4, -0.2) is 16.2 Å². The van der Waals surface area contributed by atoms with E-state index in [0.717, 1.165) is 41.5 Å². The average Bonchev–Trinajstić information content (AvgIpc) is 3.25. The van der Waals surface area contributed by atoms with Crippen LogP contribution in [0.15, 0.2) is 34.5 Å². The summed E-state index contributed by atoms with van der Waals surface area (Å²) in [5.41, 5.74) is 2.15. The average molecular weight is 387 g/mol. The van der Waals surface area contributed by atoms with Gasteiger partial charge in [-0.1, -0.05) is 18.2 Å². The zero-order valence-corrected chi connectivity index (χ0v) is 16.5. The first-order chi connectivity index (χ1) is 12.6. The van der Waals surface area contributed by atoms with Crippen molar-refractivity contribution in [1.29, 1.82) is 0 Å². The molecule has 0 radical (unpaired) electrons. The van der Waals surface area contributed by atoms with E-state index in [4.69, 9.17) is 9.72 Å². The van der Waals surface area contributed by atoms with Gasteiger partial charge in [0, 0.05) is 16.2 Å². The van der Waals surface area contributed by atoms with Gasteiger partial charge in [-0.2, -0.15) is 4.98 Å². The molecule has 0 saturated heterocycles. The van der Waals surface area contributed by atoms with E-state index >= 15 is 0 Å². The monoisotopic (exact) mass is 386 g/mol. The van der Waals surface area contributed by atoms with Crippen LogP contribution in [0, 0.1) is 0 Å². The molecule has 0 N–H and O–H groups in total. The molecule has 0 saturated carbocycles. The first-order valence-corrected chi connectivity index (χ1v) is 10.7. The molecule has 3 heterocycles. The van der Waals surface area contributed by atoms with E-state index in [-0.39, 0.29) is 5.56 Å². The predicted molar refractivity (Wildman–Crippen MR) is 109 cm³/mol. The van der Waals surface area contributed by atoms with E-state index in [0.29, 0.717) is 19.2 Å². The molecular formula is C20H22N2O2S2. The van der Waals surface area contributed by atoms with E-state index in [1.54, 1.807) is 27.2 Å². The zero-order chi connectivity index (χ0) is 18.1. The summed E-state index contributed by atoms with van der Waals surface area (Å²) in [7, 11) is 0. The van der Waals surface area contributed by atoms with E-state index in [9.17, 15) is 4.79 Å². The number of nitrogens with zero attached hydrogens (tertiary/aromatic N) is 2. The lowest BCUT2D eigenvalue weighted by atomic mass is 9.97. The van der Waals surface area contributed by atoms with Crippen molar-refractivity contribution in [1.82, 2.24) is 9.55 Å². The number of thiophene rings is 2. The van der Waals surface area contributed by atoms with Crippen molar-refractivity contribution in [3.63, 3.8) is 0 Å². The fourth-order valence-corrected chi connectivity index (χ4v) is 5.37. The molecule has 1 aliphatic carbocycles. The topological polar surface area (TPSA) is 44.1 Å². The molecular weight excluding hydrogens is 364 g/mol. The summed E-state index contributed by atoms with van der Waals surface area (Å²) in [5, 5.41) is 2.86. The van der Waals surface area contributed by atoms with Gasteiger partial charge in [-0.15, -0.1) is 22.7 Å². The Morgan fingerprint density at radius 2 is 2.23 bits per heavy atom. The largest absolute Gasteiger partial charge is 0.464 e. The standard InChI is InChI=1S/C20H22N2O2S2/c1-13(2)12-22-19(23)17-15-7-3-4-8-16(15)26-18(17)21-20(22)24-10-9-14-6-5-11-25-14/h5-6,11H,1,3-4,7-10,12H2,2H3. The maximum absolute atomic E-state index is 13.2. The van der Waals surface area contributed by atoms with Crippen molar-refractivity contribution in [3.05, 3.63) is 55.3 Å². The zero-order valence-electron chi connectivity index (χ0n) is 14.9. The smallest absolute Gasteiger partial charge is 0.300 e. The molecule has 0 aromatic carbocycles. The van der Waals surface area contributed by atoms with Crippen LogP contribution < -0.4 is 10.3 Å². The van der Waals surface area contributed by atoms with E-state index in [1.807, 2.05) is 13.0 Å². The lowest BCUT2D eigenvalue weighted by Gasteiger charge is -2.14. The second-order valence-electron chi connectivity index (χ2n) is 6.81. The van der Waals surface area contributed by atoms with Crippen LogP contribution in [0.3, 0.4) is 0 Å². The van der Waals surface area contributed by atoms with Gasteiger partial charge in [-0.3, -0.25) is 9.36 Å². The lowest BCUT2D eigenvalue weighted by Crippen LogP contribution is -2.25. The van der Waals surface area contributed by atoms with Gasteiger partial charge in [0.2, 0.25) is 0 Å². The van der Waals surface area contributed by atoms with Crippen LogP contribution in [0.2, 0.25) is 0 Å². The van der Waals surface area contributed by atoms with Gasteiger partial charge in [0.25, 0.3) is 5.56 Å². The molecule has 0 aliphatic heterocycles. The number of aromatic nitrogens is 2. The van der Waals surface area contributed by atoms with Crippen LogP contribution in [0.1, 0.15) is 35.1 Å². The summed E-state index contributed by atoms with van der Waals surface area (Å²) in [6.45, 7) is 6.85. The molecule has 0 fully saturated rings. The summed E-state index contributed by atoms with van der Waals surface area (Å²) < 4.78 is 7.61. The Bertz CT molecular complexity index is 999. The number of rotatable bonds is 6. The Balaban J connectivity index is 1.72. The van der Waals surface area contributed by atoms with Crippen molar-refractivity contribution >= 4 is 32.9 Å². The highest BCUT2D eigenvalue weighted by atomic mass is 32.1. The third-order valence-corrected chi connectivity index (χ3v) is 6.75. The molecule has 4 nitrogen and oxygen atoms in total. The van der Waals surface area contributed by atoms with Crippen LogP contribution >= 0.6 is 22.7 Å². The fourth-order valence-electron chi connectivity index (χ4n) is 3.44. The number of allylic oxidation sites excluding steroid dienone is 1. The summed E-state index contributed by atoms with van der Waals surface area (Å²) in [6.07, 6.45) is 5.21. The Labute approximate surface area is 160 Å². The van der Waals surface area contributed by atoms with Gasteiger partial charge in [0.05, 0.1) is 18.5 Å². The van der Waals surface area contributed by atoms with E-state index in [1.165, 1.54) is 21.7 Å². The first kappa shape index (κ1) is 17.5. The van der Waals surface area contributed by atoms with Crippen LogP contribution in [0.4, 0.5) is 0 Å². The molecule has 0 unspecified atom stereocenters. The van der Waals surface area contributed by atoms with Crippen molar-refractivity contribution in [2.45, 2.75) is 45.6 Å². The molecule has 3 aromatic heterocycles. The highest BCUT2D eigenvalue weighted by Crippen LogP contribution is 2.34. The first-order valence-electron chi connectivity index (χ1n) is 8.98. The highest BCUT2D eigenvalue weighted by Gasteiger charge is 2.22. The fraction of sp³-hybridized carbons (Fsp3) is 0.400. The quantitative estimate of drug-likeness (QED) is 0.582. The minimum absolute atomic E-state index is 0.0172. The summed E-state index contributed by atoms with van der Waals surface area (Å²) in [6, 6.07) is 4.55. The van der Waals surface area contributed by atoms with E-state index < -0.39 is 0 Å². The van der Waals surface area contributed by atoms with Crippen molar-refractivity contribution in [2.75, 3.05) is 6.61 Å². The predicted octanol–water partition coefficient (Wildman–Crippen LogP) is 4.60. The van der Waals surface area contributed by atoms with Gasteiger partial charge < -0.3 is 4.74 Å². The lowest BCUT2D eigenvalue weighted by molar-refractivity contribution is 0.280. The van der Waals surface area contributed by atoms with Crippen molar-refractivity contribution in [3.8, 4) is 6.01 Å². The second kappa shape index (κ2) is 7.37. The van der Waals surface area contributed by atoms with Crippen LogP contribution in [0.5, 0.6) is 6.01 Å². The number of hydrogen-bond donors (Lipinski definition) is 0. The Morgan fingerprint density at radius 1 is 1.38 bits per heavy atom. The third-order valence-electron chi connectivity index (χ3n) is 4.63. The van der Waals surface area contributed by atoms with Crippen LogP contribution in [0.25, 0.3) is 10.2 Å². The minimum atomic E-state index is 0.0172. The van der Waals surface area contributed by atoms with Gasteiger partial charge >= 0.3 is 6.01 Å². The molecule has 26 heavy (non-hydrogen) atoms. The SMILES string of the molecule is C=C(C)Cn1c(OCCc2cccs2)nc2sc3c(c2c1=O)CCCC3. The minimum Gasteiger partial charge on any atom is -0.464 e. The Kier molecular flexibility index (Phi) is 4.96. The molecule has 0 amide bonds. The normalized spacial score (nSPS) is 13.7. The molecule has 1 aliphatic rings. The molecule has 136 valence electrons. The van der Waals surface area contributed by atoms with E-state index in [2.05, 4.69) is 18.0 Å². The number of hydrogen-bond acceptors (Lipinski definition) is 5. The number of fused-ring (bicyclic) bond motifs is 3. The summed E-state index contributed by atoms with van der Waals surface area (Å²) in [5.74, 6) is 0. The van der Waals surface area contributed by atoms with Crippen molar-refractivity contribution in [2.24, 2.45) is 0 Å². The highest BCUT2D eigenvalue weighted by molar-refractivity contribution is 7.18. The second-order valence-corrected chi connectivity index (χ2v) is 8.93. The maximum atomic E-state index is 13.2. The Hall–Kier alpha value is -1.92. The molecule has 6 heteroatoms. The van der Waals surface area contributed by atoms with Crippen molar-refractivity contribution < 1.29 is 4.74 Å². The Morgan fingerprint density at radius 3 is 3.00 bits per heavy atom. The third kappa shape index (κ3) is 3.35. The van der Waals surface area contributed by atoms with Gasteiger partial charge in [0.1, 0.15) is 4.83 Å². The van der Waals surface area contributed by atoms with Crippen LogP contribution in [-0.2, 0) is 25.8 Å². The summed E-state index contributed by atoms with van der Waals surface area (Å²) in [4.78, 5) is 21.4. The molecule has 4 rings (SSSR count). The number of aryl methyl sites for hydroxylation is 2. The molecule has 3 aromatic rings. The van der Waals surface area contributed by atoms with Gasteiger partial charge in [-0.05, 0) is 49.6 Å². The number of ether oxygens (including phenoxy) is 1. The molecule has 0 atom stereocenters.